The van der Waals surface area contributed by atoms with E-state index >= 15 is 0 Å². The van der Waals surface area contributed by atoms with Crippen molar-refractivity contribution >= 4 is 11.6 Å². The summed E-state index contributed by atoms with van der Waals surface area (Å²) in [5.41, 5.74) is 1.67. The Morgan fingerprint density at radius 1 is 1.25 bits per heavy atom. The highest BCUT2D eigenvalue weighted by Crippen LogP contribution is 2.18. The van der Waals surface area contributed by atoms with Gasteiger partial charge in [-0.1, -0.05) is 24.6 Å². The first kappa shape index (κ1) is 14.9. The summed E-state index contributed by atoms with van der Waals surface area (Å²) in [5, 5.41) is 3.41. The first-order valence-corrected chi connectivity index (χ1v) is 6.76. The first-order chi connectivity index (χ1) is 9.60. The summed E-state index contributed by atoms with van der Waals surface area (Å²) in [4.78, 5) is 4.07. The van der Waals surface area contributed by atoms with Gasteiger partial charge in [0.1, 0.15) is 11.6 Å². The Labute approximate surface area is 121 Å². The quantitative estimate of drug-likeness (QED) is 0.892. The van der Waals surface area contributed by atoms with Gasteiger partial charge in [0.2, 0.25) is 0 Å². The molecule has 1 unspecified atom stereocenters. The van der Waals surface area contributed by atoms with Crippen LogP contribution in [0, 0.1) is 11.6 Å². The Balaban J connectivity index is 2.03. The van der Waals surface area contributed by atoms with Crippen molar-refractivity contribution in [3.05, 3.63) is 64.4 Å². The van der Waals surface area contributed by atoms with E-state index in [9.17, 15) is 8.78 Å². The summed E-state index contributed by atoms with van der Waals surface area (Å²) >= 11 is 5.74. The molecule has 0 saturated heterocycles. The van der Waals surface area contributed by atoms with Crippen LogP contribution in [-0.2, 0) is 6.54 Å². The van der Waals surface area contributed by atoms with Crippen molar-refractivity contribution in [1.82, 2.24) is 10.3 Å². The topological polar surface area (TPSA) is 24.9 Å². The number of pyridine rings is 1. The molecule has 0 aliphatic heterocycles. The van der Waals surface area contributed by atoms with Gasteiger partial charge in [-0.2, -0.15) is 0 Å². The zero-order valence-electron chi connectivity index (χ0n) is 11.0. The molecule has 1 atom stereocenters. The smallest absolute Gasteiger partial charge is 0.141 e. The maximum atomic E-state index is 13.1. The van der Waals surface area contributed by atoms with Crippen molar-refractivity contribution in [2.45, 2.75) is 25.9 Å². The molecule has 0 amide bonds. The van der Waals surface area contributed by atoms with Crippen molar-refractivity contribution in [3.63, 3.8) is 0 Å². The minimum absolute atomic E-state index is 0.0134. The lowest BCUT2D eigenvalue weighted by Crippen LogP contribution is -2.21. The summed E-state index contributed by atoms with van der Waals surface area (Å²) in [6.45, 7) is 2.55. The van der Waals surface area contributed by atoms with E-state index in [-0.39, 0.29) is 16.9 Å². The van der Waals surface area contributed by atoms with Gasteiger partial charge in [0, 0.05) is 12.6 Å². The van der Waals surface area contributed by atoms with Crippen LogP contribution in [0.15, 0.2) is 36.5 Å². The molecule has 1 aromatic carbocycles. The number of nitrogens with zero attached hydrogens (tertiary/aromatic N) is 1. The molecule has 20 heavy (non-hydrogen) atoms. The summed E-state index contributed by atoms with van der Waals surface area (Å²) in [5.74, 6) is -0.781. The van der Waals surface area contributed by atoms with Crippen LogP contribution in [0.4, 0.5) is 8.78 Å². The number of benzene rings is 1. The second-order valence-electron chi connectivity index (χ2n) is 4.49. The molecular weight excluding hydrogens is 282 g/mol. The number of hydrogen-bond donors (Lipinski definition) is 1. The average molecular weight is 297 g/mol. The minimum Gasteiger partial charge on any atom is -0.305 e. The SMILES string of the molecule is CCC(NCc1ccc(F)c(Cl)c1)c1ccc(F)cn1. The fourth-order valence-electron chi connectivity index (χ4n) is 1.94. The first-order valence-electron chi connectivity index (χ1n) is 6.39. The molecule has 0 aliphatic rings. The highest BCUT2D eigenvalue weighted by atomic mass is 35.5. The van der Waals surface area contributed by atoms with Crippen molar-refractivity contribution in [2.24, 2.45) is 0 Å². The van der Waals surface area contributed by atoms with Gasteiger partial charge in [-0.05, 0) is 36.2 Å². The molecule has 2 nitrogen and oxygen atoms in total. The Morgan fingerprint density at radius 3 is 2.65 bits per heavy atom. The molecule has 1 heterocycles. The average Bonchev–Trinajstić information content (AvgIpc) is 2.45. The third kappa shape index (κ3) is 3.74. The number of rotatable bonds is 5. The lowest BCUT2D eigenvalue weighted by molar-refractivity contribution is 0.503. The van der Waals surface area contributed by atoms with Gasteiger partial charge in [0.05, 0.1) is 16.9 Å². The highest BCUT2D eigenvalue weighted by Gasteiger charge is 2.10. The maximum absolute atomic E-state index is 13.1. The zero-order valence-corrected chi connectivity index (χ0v) is 11.8. The van der Waals surface area contributed by atoms with E-state index in [0.29, 0.717) is 6.54 Å². The van der Waals surface area contributed by atoms with Crippen LogP contribution in [-0.4, -0.2) is 4.98 Å². The lowest BCUT2D eigenvalue weighted by Gasteiger charge is -2.16. The molecule has 0 aliphatic carbocycles. The summed E-state index contributed by atoms with van der Waals surface area (Å²) in [6.07, 6.45) is 2.02. The van der Waals surface area contributed by atoms with E-state index in [1.54, 1.807) is 18.2 Å². The van der Waals surface area contributed by atoms with Crippen LogP contribution in [0.3, 0.4) is 0 Å². The van der Waals surface area contributed by atoms with Crippen LogP contribution in [0.1, 0.15) is 30.6 Å². The fraction of sp³-hybridized carbons (Fsp3) is 0.267. The molecule has 0 radical (unpaired) electrons. The second kappa shape index (κ2) is 6.77. The molecule has 0 fully saturated rings. The molecule has 5 heteroatoms. The number of hydrogen-bond acceptors (Lipinski definition) is 2. The van der Waals surface area contributed by atoms with Crippen molar-refractivity contribution in [2.75, 3.05) is 0 Å². The van der Waals surface area contributed by atoms with Crippen LogP contribution < -0.4 is 5.32 Å². The second-order valence-corrected chi connectivity index (χ2v) is 4.90. The lowest BCUT2D eigenvalue weighted by atomic mass is 10.1. The molecule has 1 N–H and O–H groups in total. The van der Waals surface area contributed by atoms with Gasteiger partial charge in [-0.15, -0.1) is 0 Å². The van der Waals surface area contributed by atoms with Crippen LogP contribution >= 0.6 is 11.6 Å². The van der Waals surface area contributed by atoms with Gasteiger partial charge >= 0.3 is 0 Å². The highest BCUT2D eigenvalue weighted by molar-refractivity contribution is 6.30. The Bertz CT molecular complexity index is 573. The van der Waals surface area contributed by atoms with Gasteiger partial charge in [0.15, 0.2) is 0 Å². The minimum atomic E-state index is -0.428. The van der Waals surface area contributed by atoms with E-state index in [1.165, 1.54) is 18.3 Å². The normalized spacial score (nSPS) is 12.4. The van der Waals surface area contributed by atoms with E-state index < -0.39 is 5.82 Å². The number of halogens is 3. The third-order valence-electron chi connectivity index (χ3n) is 3.05. The summed E-state index contributed by atoms with van der Waals surface area (Å²) in [7, 11) is 0. The van der Waals surface area contributed by atoms with Gasteiger partial charge in [-0.3, -0.25) is 4.98 Å². The van der Waals surface area contributed by atoms with Crippen molar-refractivity contribution < 1.29 is 8.78 Å². The molecule has 0 spiro atoms. The largest absolute Gasteiger partial charge is 0.305 e. The van der Waals surface area contributed by atoms with E-state index in [1.807, 2.05) is 6.92 Å². The molecule has 2 rings (SSSR count). The van der Waals surface area contributed by atoms with Crippen LogP contribution in [0.5, 0.6) is 0 Å². The Kier molecular flexibility index (Phi) is 5.04. The predicted octanol–water partition coefficient (Wildman–Crippen LogP) is 4.25. The Hall–Kier alpha value is -1.52. The monoisotopic (exact) mass is 296 g/mol. The summed E-state index contributed by atoms with van der Waals surface area (Å²) in [6, 6.07) is 7.68. The van der Waals surface area contributed by atoms with E-state index in [2.05, 4.69) is 10.3 Å². The molecule has 1 aromatic heterocycles. The van der Waals surface area contributed by atoms with Crippen molar-refractivity contribution in [3.8, 4) is 0 Å². The zero-order chi connectivity index (χ0) is 14.5. The molecule has 0 saturated carbocycles. The molecule has 106 valence electrons. The molecule has 0 bridgehead atoms. The van der Waals surface area contributed by atoms with Gasteiger partial charge in [0.25, 0.3) is 0 Å². The van der Waals surface area contributed by atoms with E-state index in [0.717, 1.165) is 17.7 Å². The molecular formula is C15H15ClF2N2. The van der Waals surface area contributed by atoms with Crippen molar-refractivity contribution in [1.29, 1.82) is 0 Å². The molecule has 2 aromatic rings. The number of aromatic nitrogens is 1. The fourth-order valence-corrected chi connectivity index (χ4v) is 2.15. The number of nitrogens with one attached hydrogen (secondary N) is 1. The van der Waals surface area contributed by atoms with Crippen LogP contribution in [0.25, 0.3) is 0 Å². The van der Waals surface area contributed by atoms with E-state index in [4.69, 9.17) is 11.6 Å². The maximum Gasteiger partial charge on any atom is 0.141 e. The Morgan fingerprint density at radius 2 is 2.05 bits per heavy atom. The van der Waals surface area contributed by atoms with Gasteiger partial charge in [-0.25, -0.2) is 8.78 Å². The predicted molar refractivity (Wildman–Crippen MR) is 75.5 cm³/mol. The van der Waals surface area contributed by atoms with Gasteiger partial charge < -0.3 is 5.32 Å². The third-order valence-corrected chi connectivity index (χ3v) is 3.34. The van der Waals surface area contributed by atoms with Crippen LogP contribution in [0.2, 0.25) is 5.02 Å². The standard InChI is InChI=1S/C15H15ClF2N2/c1-2-14(15-6-4-11(17)9-20-15)19-8-10-3-5-13(18)12(16)7-10/h3-7,9,14,19H,2,8H2,1H3. The summed E-state index contributed by atoms with van der Waals surface area (Å²) < 4.78 is 25.9.